The molecule has 14 heteroatoms. The lowest BCUT2D eigenvalue weighted by Crippen LogP contribution is -2.31. The van der Waals surface area contributed by atoms with Crippen LogP contribution in [0.5, 0.6) is 5.88 Å². The van der Waals surface area contributed by atoms with Crippen molar-refractivity contribution in [2.45, 2.75) is 69.1 Å². The Balaban J connectivity index is 1.10. The minimum Gasteiger partial charge on any atom is -0.477 e. The van der Waals surface area contributed by atoms with Gasteiger partial charge >= 0.3 is 6.18 Å². The average Bonchev–Trinajstić information content (AvgIpc) is 3.50. The van der Waals surface area contributed by atoms with E-state index in [4.69, 9.17) is 16.3 Å². The molecule has 0 spiro atoms. The Hall–Kier alpha value is -3.03. The van der Waals surface area contributed by atoms with Crippen molar-refractivity contribution < 1.29 is 22.7 Å². The minimum absolute atomic E-state index is 0.0262. The first-order chi connectivity index (χ1) is 20.8. The smallest absolute Gasteiger partial charge is 0.394 e. The molecule has 1 saturated carbocycles. The van der Waals surface area contributed by atoms with Crippen molar-refractivity contribution in [3.63, 3.8) is 0 Å². The number of amides is 1. The van der Waals surface area contributed by atoms with Gasteiger partial charge in [-0.25, -0.2) is 14.6 Å². The topological polar surface area (TPSA) is 97.2 Å². The molecule has 3 aromatic rings. The zero-order chi connectivity index (χ0) is 31.5. The van der Waals surface area contributed by atoms with Crippen LogP contribution in [-0.4, -0.2) is 64.1 Å². The van der Waals surface area contributed by atoms with Crippen LogP contribution in [0.3, 0.4) is 0 Å². The molecule has 1 atom stereocenters. The summed E-state index contributed by atoms with van der Waals surface area (Å²) in [5.74, 6) is 1.59. The van der Waals surface area contributed by atoms with Crippen LogP contribution in [-0.2, 0) is 0 Å². The summed E-state index contributed by atoms with van der Waals surface area (Å²) >= 11 is 7.43. The summed E-state index contributed by atoms with van der Waals surface area (Å²) in [6.45, 7) is 6.36. The number of ether oxygens (including phenoxy) is 1. The first kappa shape index (κ1) is 32.4. The minimum atomic E-state index is -4.22. The number of pyridine rings is 2. The number of hydrogen-bond acceptors (Lipinski definition) is 8. The monoisotopic (exact) mass is 651 g/mol. The summed E-state index contributed by atoms with van der Waals surface area (Å²) in [5.41, 5.74) is -1.23. The number of rotatable bonds is 13. The van der Waals surface area contributed by atoms with E-state index in [1.807, 2.05) is 25.2 Å². The predicted molar refractivity (Wildman–Crippen MR) is 164 cm³/mol. The van der Waals surface area contributed by atoms with Gasteiger partial charge in [-0.1, -0.05) is 17.7 Å². The van der Waals surface area contributed by atoms with E-state index in [0.717, 1.165) is 37.3 Å². The number of nitrogens with zero attached hydrogens (tertiary/aromatic N) is 5. The van der Waals surface area contributed by atoms with Gasteiger partial charge in [0.25, 0.3) is 5.91 Å². The van der Waals surface area contributed by atoms with Crippen molar-refractivity contribution in [2.24, 2.45) is 11.3 Å². The van der Waals surface area contributed by atoms with Crippen molar-refractivity contribution in [1.82, 2.24) is 29.8 Å². The van der Waals surface area contributed by atoms with Crippen molar-refractivity contribution >= 4 is 35.3 Å². The zero-order valence-corrected chi connectivity index (χ0v) is 26.5. The van der Waals surface area contributed by atoms with Crippen molar-refractivity contribution in [3.8, 4) is 11.7 Å². The number of halogens is 4. The molecule has 2 N–H and O–H groups in total. The molecule has 238 valence electrons. The highest BCUT2D eigenvalue weighted by atomic mass is 35.5. The van der Waals surface area contributed by atoms with E-state index < -0.39 is 17.5 Å². The van der Waals surface area contributed by atoms with Crippen molar-refractivity contribution in [1.29, 1.82) is 0 Å². The molecule has 0 aromatic carbocycles. The van der Waals surface area contributed by atoms with E-state index in [1.54, 1.807) is 12.3 Å². The Bertz CT molecular complexity index is 1460. The maximum absolute atomic E-state index is 13.1. The van der Waals surface area contributed by atoms with Crippen LogP contribution in [0.1, 0.15) is 62.7 Å². The second-order valence-electron chi connectivity index (χ2n) is 12.2. The fourth-order valence-electron chi connectivity index (χ4n) is 5.46. The highest BCUT2D eigenvalue weighted by molar-refractivity contribution is 7.97. The molecular weight excluding hydrogens is 615 g/mol. The number of alkyl halides is 3. The van der Waals surface area contributed by atoms with Crippen LogP contribution in [0.4, 0.5) is 19.0 Å². The number of nitrogens with one attached hydrogen (secondary N) is 2. The molecule has 1 amide bonds. The van der Waals surface area contributed by atoms with Gasteiger partial charge in [-0.05, 0) is 89.1 Å². The van der Waals surface area contributed by atoms with Gasteiger partial charge in [-0.3, -0.25) is 9.52 Å². The summed E-state index contributed by atoms with van der Waals surface area (Å²) < 4.78 is 48.9. The van der Waals surface area contributed by atoms with Gasteiger partial charge in [0.2, 0.25) is 5.88 Å². The Morgan fingerprint density at radius 1 is 1.23 bits per heavy atom. The van der Waals surface area contributed by atoms with Gasteiger partial charge in [0.1, 0.15) is 16.0 Å². The molecule has 44 heavy (non-hydrogen) atoms. The molecule has 1 aliphatic heterocycles. The van der Waals surface area contributed by atoms with Crippen LogP contribution >= 0.6 is 23.5 Å². The summed E-state index contributed by atoms with van der Waals surface area (Å²) in [4.78, 5) is 23.9. The highest BCUT2D eigenvalue weighted by Gasteiger charge is 2.62. The lowest BCUT2D eigenvalue weighted by atomic mass is 9.94. The Morgan fingerprint density at radius 2 is 2.02 bits per heavy atom. The second-order valence-corrected chi connectivity index (χ2v) is 13.4. The molecule has 2 fully saturated rings. The van der Waals surface area contributed by atoms with Crippen LogP contribution in [0, 0.1) is 11.3 Å². The van der Waals surface area contributed by atoms with Gasteiger partial charge in [-0.2, -0.15) is 13.2 Å². The van der Waals surface area contributed by atoms with Crippen molar-refractivity contribution in [3.05, 3.63) is 53.3 Å². The van der Waals surface area contributed by atoms with Crippen LogP contribution in [0.25, 0.3) is 5.82 Å². The molecule has 2 aliphatic rings. The van der Waals surface area contributed by atoms with E-state index in [-0.39, 0.29) is 48.0 Å². The molecule has 3 aromatic heterocycles. The number of aromatic nitrogens is 4. The van der Waals surface area contributed by atoms with Gasteiger partial charge in [-0.15, -0.1) is 5.10 Å². The molecule has 4 heterocycles. The van der Waals surface area contributed by atoms with E-state index in [9.17, 15) is 18.0 Å². The Kier molecular flexibility index (Phi) is 9.66. The summed E-state index contributed by atoms with van der Waals surface area (Å²) in [5, 5.41) is 8.40. The summed E-state index contributed by atoms with van der Waals surface area (Å²) in [7, 11) is 2.02. The molecule has 1 saturated heterocycles. The molecule has 0 radical (unpaired) electrons. The number of hydrogen-bond donors (Lipinski definition) is 2. The van der Waals surface area contributed by atoms with Crippen LogP contribution in [0.2, 0.25) is 5.15 Å². The lowest BCUT2D eigenvalue weighted by Gasteiger charge is -2.20. The third-order valence-electron chi connectivity index (χ3n) is 8.29. The van der Waals surface area contributed by atoms with Crippen LogP contribution < -0.4 is 19.7 Å². The normalized spacial score (nSPS) is 18.7. The van der Waals surface area contributed by atoms with Crippen molar-refractivity contribution in [2.75, 3.05) is 31.6 Å². The first-order valence-electron chi connectivity index (χ1n) is 14.7. The number of anilines is 1. The molecule has 5 rings (SSSR count). The quantitative estimate of drug-likeness (QED) is 0.160. The van der Waals surface area contributed by atoms with E-state index in [2.05, 4.69) is 43.9 Å². The number of carbonyl (C=O) groups is 1. The first-order valence-corrected chi connectivity index (χ1v) is 15.9. The molecule has 1 unspecified atom stereocenters. The van der Waals surface area contributed by atoms with Crippen LogP contribution in [0.15, 0.2) is 47.6 Å². The predicted octanol–water partition coefficient (Wildman–Crippen LogP) is 6.47. The SMILES string of the molecule is CN(CCCC1CNC(C)(C)C1)c1cccc(SNC(=O)c2ccc(-n3ccc(OCCC4(C(F)(F)F)CC4)n3)nc2Cl)n1. The fraction of sp³-hybridized carbons (Fsp3) is 0.533. The van der Waals surface area contributed by atoms with Gasteiger partial charge < -0.3 is 15.0 Å². The third-order valence-corrected chi connectivity index (χ3v) is 9.30. The Morgan fingerprint density at radius 3 is 2.70 bits per heavy atom. The average molecular weight is 652 g/mol. The molecule has 0 bridgehead atoms. The Labute approximate surface area is 264 Å². The largest absolute Gasteiger partial charge is 0.477 e. The van der Waals surface area contributed by atoms with E-state index in [0.29, 0.717) is 16.8 Å². The highest BCUT2D eigenvalue weighted by Crippen LogP contribution is 2.59. The maximum atomic E-state index is 13.1. The summed E-state index contributed by atoms with van der Waals surface area (Å²) in [6, 6.07) is 10.3. The third kappa shape index (κ3) is 7.97. The second kappa shape index (κ2) is 13.1. The molecule has 1 aliphatic carbocycles. The van der Waals surface area contributed by atoms with Gasteiger partial charge in [0.05, 0.1) is 17.6 Å². The maximum Gasteiger partial charge on any atom is 0.394 e. The number of carbonyl (C=O) groups excluding carboxylic acids is 1. The lowest BCUT2D eigenvalue weighted by molar-refractivity contribution is -0.190. The fourth-order valence-corrected chi connectivity index (χ4v) is 6.29. The van der Waals surface area contributed by atoms with Gasteiger partial charge in [0, 0.05) is 43.3 Å². The van der Waals surface area contributed by atoms with E-state index >= 15 is 0 Å². The van der Waals surface area contributed by atoms with E-state index in [1.165, 1.54) is 29.7 Å². The molecule has 9 nitrogen and oxygen atoms in total. The standard InChI is InChI=1S/C30H37ClF3N7O2S/c1-28(2)18-20(19-35-28)6-5-15-40(3)22-7-4-8-25(36-22)44-39-27(42)21-9-10-23(37-26(21)31)41-16-11-24(38-41)43-17-14-29(12-13-29)30(32,33)34/h4,7-11,16,20,35H,5-6,12-15,17-19H2,1-3H3,(H,39,42). The van der Waals surface area contributed by atoms with Gasteiger partial charge in [0.15, 0.2) is 5.82 Å². The zero-order valence-electron chi connectivity index (χ0n) is 25.0. The summed E-state index contributed by atoms with van der Waals surface area (Å²) in [6.07, 6.45) is 0.932. The molecular formula is C30H37ClF3N7O2S.